The van der Waals surface area contributed by atoms with Crippen LogP contribution in [0.1, 0.15) is 24.1 Å². The van der Waals surface area contributed by atoms with Crippen molar-refractivity contribution in [1.82, 2.24) is 0 Å². The molecule has 2 rings (SSSR count). The van der Waals surface area contributed by atoms with Gasteiger partial charge in [-0.1, -0.05) is 45.7 Å². The first-order valence-corrected chi connectivity index (χ1v) is 7.65. The van der Waals surface area contributed by atoms with E-state index in [9.17, 15) is 0 Å². The van der Waals surface area contributed by atoms with Gasteiger partial charge in [-0.05, 0) is 42.3 Å². The van der Waals surface area contributed by atoms with Crippen LogP contribution in [0.25, 0.3) is 0 Å². The lowest BCUT2D eigenvalue weighted by Crippen LogP contribution is -2.20. The normalized spacial score (nSPS) is 12.2. The number of nitrogens with two attached hydrogens (primary N) is 1. The van der Waals surface area contributed by atoms with Crippen LogP contribution in [0.5, 0.6) is 0 Å². The van der Waals surface area contributed by atoms with Crippen LogP contribution >= 0.6 is 27.5 Å². The van der Waals surface area contributed by atoms with E-state index in [0.29, 0.717) is 0 Å². The van der Waals surface area contributed by atoms with Gasteiger partial charge in [-0.2, -0.15) is 0 Å². The number of halogens is 2. The van der Waals surface area contributed by atoms with E-state index in [-0.39, 0.29) is 6.04 Å². The molecule has 0 fully saturated rings. The average molecular weight is 354 g/mol. The van der Waals surface area contributed by atoms with E-state index in [1.165, 1.54) is 5.56 Å². The lowest BCUT2D eigenvalue weighted by atomic mass is 10.1. The molecule has 0 spiro atoms. The zero-order valence-corrected chi connectivity index (χ0v) is 13.9. The van der Waals surface area contributed by atoms with Crippen LogP contribution in [-0.2, 0) is 6.54 Å². The lowest BCUT2D eigenvalue weighted by molar-refractivity contribution is 0.801. The van der Waals surface area contributed by atoms with Gasteiger partial charge in [0.15, 0.2) is 0 Å². The molecule has 0 aliphatic rings. The van der Waals surface area contributed by atoms with Crippen molar-refractivity contribution in [1.29, 1.82) is 0 Å². The van der Waals surface area contributed by atoms with Crippen molar-refractivity contribution in [3.05, 3.63) is 63.1 Å². The molecule has 0 aliphatic heterocycles. The van der Waals surface area contributed by atoms with Crippen LogP contribution in [-0.4, -0.2) is 7.05 Å². The topological polar surface area (TPSA) is 29.3 Å². The van der Waals surface area contributed by atoms with Crippen molar-refractivity contribution >= 4 is 33.2 Å². The predicted molar refractivity (Wildman–Crippen MR) is 90.3 cm³/mol. The van der Waals surface area contributed by atoms with E-state index < -0.39 is 0 Å². The first kappa shape index (κ1) is 15.4. The zero-order chi connectivity index (χ0) is 14.7. The molecular formula is C16H18BrClN2. The predicted octanol–water partition coefficient (Wildman–Crippen LogP) is 4.76. The fourth-order valence-corrected chi connectivity index (χ4v) is 2.79. The number of hydrogen-bond acceptors (Lipinski definition) is 2. The van der Waals surface area contributed by atoms with E-state index in [2.05, 4.69) is 46.1 Å². The zero-order valence-electron chi connectivity index (χ0n) is 11.6. The molecule has 2 aromatic carbocycles. The number of anilines is 1. The highest BCUT2D eigenvalue weighted by atomic mass is 79.9. The molecule has 1 atom stereocenters. The van der Waals surface area contributed by atoms with Crippen molar-refractivity contribution in [2.75, 3.05) is 11.9 Å². The second-order valence-corrected chi connectivity index (χ2v) is 6.33. The van der Waals surface area contributed by atoms with Crippen LogP contribution in [0.4, 0.5) is 5.69 Å². The van der Waals surface area contributed by atoms with Gasteiger partial charge in [0, 0.05) is 34.8 Å². The summed E-state index contributed by atoms with van der Waals surface area (Å²) in [5.41, 5.74) is 9.50. The molecule has 0 saturated carbocycles. The smallest absolute Gasteiger partial charge is 0.0426 e. The van der Waals surface area contributed by atoms with E-state index in [0.717, 1.165) is 27.3 Å². The summed E-state index contributed by atoms with van der Waals surface area (Å²) in [4.78, 5) is 2.19. The molecule has 0 aromatic heterocycles. The first-order chi connectivity index (χ1) is 9.47. The minimum Gasteiger partial charge on any atom is -0.370 e. The van der Waals surface area contributed by atoms with Gasteiger partial charge >= 0.3 is 0 Å². The summed E-state index contributed by atoms with van der Waals surface area (Å²) in [6.45, 7) is 2.79. The molecule has 0 aliphatic carbocycles. The van der Waals surface area contributed by atoms with Gasteiger partial charge in [-0.3, -0.25) is 0 Å². The van der Waals surface area contributed by atoms with Gasteiger partial charge in [0.1, 0.15) is 0 Å². The summed E-state index contributed by atoms with van der Waals surface area (Å²) >= 11 is 9.56. The van der Waals surface area contributed by atoms with Crippen LogP contribution in [0.3, 0.4) is 0 Å². The molecule has 20 heavy (non-hydrogen) atoms. The second-order valence-electron chi connectivity index (χ2n) is 4.98. The highest BCUT2D eigenvalue weighted by Gasteiger charge is 2.12. The maximum Gasteiger partial charge on any atom is 0.0426 e. The molecule has 0 bridgehead atoms. The Morgan fingerprint density at radius 2 is 2.00 bits per heavy atom. The van der Waals surface area contributed by atoms with Gasteiger partial charge in [0.05, 0.1) is 0 Å². The third-order valence-electron chi connectivity index (χ3n) is 3.20. The summed E-state index contributed by atoms with van der Waals surface area (Å²) in [5, 5.41) is 0.762. The fraction of sp³-hybridized carbons (Fsp3) is 0.250. The molecular weight excluding hydrogens is 336 g/mol. The minimum absolute atomic E-state index is 0.0000821. The molecule has 106 valence electrons. The number of nitrogens with zero attached hydrogens (tertiary/aromatic N) is 1. The van der Waals surface area contributed by atoms with Gasteiger partial charge in [-0.25, -0.2) is 0 Å². The number of rotatable bonds is 4. The van der Waals surface area contributed by atoms with Crippen molar-refractivity contribution in [3.8, 4) is 0 Å². The Hall–Kier alpha value is -1.03. The Bertz CT molecular complexity index is 599. The Morgan fingerprint density at radius 3 is 2.65 bits per heavy atom. The SMILES string of the molecule is CC(N)c1ccc(Br)cc1N(C)Cc1cccc(Cl)c1. The molecule has 1 unspecified atom stereocenters. The highest BCUT2D eigenvalue weighted by Crippen LogP contribution is 2.29. The monoisotopic (exact) mass is 352 g/mol. The third-order valence-corrected chi connectivity index (χ3v) is 3.93. The Balaban J connectivity index is 2.28. The molecule has 4 heteroatoms. The molecule has 0 amide bonds. The largest absolute Gasteiger partial charge is 0.370 e. The van der Waals surface area contributed by atoms with Crippen molar-refractivity contribution in [2.45, 2.75) is 19.5 Å². The summed E-state index contributed by atoms with van der Waals surface area (Å²) in [7, 11) is 2.06. The molecule has 2 N–H and O–H groups in total. The van der Waals surface area contributed by atoms with Crippen molar-refractivity contribution < 1.29 is 0 Å². The summed E-state index contributed by atoms with van der Waals surface area (Å²) in [6, 6.07) is 14.1. The summed E-state index contributed by atoms with van der Waals surface area (Å²) in [5.74, 6) is 0. The lowest BCUT2D eigenvalue weighted by Gasteiger charge is -2.24. The van der Waals surface area contributed by atoms with Crippen LogP contribution in [0.2, 0.25) is 5.02 Å². The van der Waals surface area contributed by atoms with Crippen molar-refractivity contribution in [2.24, 2.45) is 5.73 Å². The van der Waals surface area contributed by atoms with Crippen LogP contribution in [0.15, 0.2) is 46.9 Å². The van der Waals surface area contributed by atoms with Gasteiger partial charge < -0.3 is 10.6 Å². The van der Waals surface area contributed by atoms with E-state index in [1.807, 2.05) is 31.2 Å². The quantitative estimate of drug-likeness (QED) is 0.858. The van der Waals surface area contributed by atoms with E-state index in [1.54, 1.807) is 0 Å². The standard InChI is InChI=1S/C16H18BrClN2/c1-11(19)15-7-6-13(17)9-16(15)20(2)10-12-4-3-5-14(18)8-12/h3-9,11H,10,19H2,1-2H3. The number of hydrogen-bond donors (Lipinski definition) is 1. The minimum atomic E-state index is -0.0000821. The molecule has 2 aromatic rings. The van der Waals surface area contributed by atoms with Crippen LogP contribution < -0.4 is 10.6 Å². The van der Waals surface area contributed by atoms with Gasteiger partial charge in [-0.15, -0.1) is 0 Å². The molecule has 0 saturated heterocycles. The summed E-state index contributed by atoms with van der Waals surface area (Å²) < 4.78 is 1.05. The highest BCUT2D eigenvalue weighted by molar-refractivity contribution is 9.10. The van der Waals surface area contributed by atoms with Crippen LogP contribution in [0, 0.1) is 0 Å². The molecule has 0 radical (unpaired) electrons. The average Bonchev–Trinajstić information content (AvgIpc) is 2.38. The first-order valence-electron chi connectivity index (χ1n) is 6.48. The Kier molecular flexibility index (Phi) is 5.08. The second kappa shape index (κ2) is 6.61. The molecule has 0 heterocycles. The van der Waals surface area contributed by atoms with Gasteiger partial charge in [0.25, 0.3) is 0 Å². The number of benzene rings is 2. The third kappa shape index (κ3) is 3.75. The maximum absolute atomic E-state index is 6.06. The van der Waals surface area contributed by atoms with Gasteiger partial charge in [0.2, 0.25) is 0 Å². The maximum atomic E-state index is 6.06. The van der Waals surface area contributed by atoms with Crippen molar-refractivity contribution in [3.63, 3.8) is 0 Å². The Morgan fingerprint density at radius 1 is 1.25 bits per heavy atom. The Labute approximate surface area is 133 Å². The molecule has 2 nitrogen and oxygen atoms in total. The van der Waals surface area contributed by atoms with E-state index >= 15 is 0 Å². The van der Waals surface area contributed by atoms with E-state index in [4.69, 9.17) is 17.3 Å². The fourth-order valence-electron chi connectivity index (χ4n) is 2.23. The summed E-state index contributed by atoms with van der Waals surface area (Å²) in [6.07, 6.45) is 0.